The van der Waals surface area contributed by atoms with Crippen LogP contribution < -0.4 is 10.1 Å². The molecule has 1 saturated heterocycles. The Morgan fingerprint density at radius 2 is 2.39 bits per heavy atom. The number of halogens is 1. The van der Waals surface area contributed by atoms with Gasteiger partial charge in [0.15, 0.2) is 11.5 Å². The molecule has 0 bridgehead atoms. The molecular weight excluding hydrogens is 302 g/mol. The summed E-state index contributed by atoms with van der Waals surface area (Å²) in [6, 6.07) is 3.39. The first-order valence-electron chi connectivity index (χ1n) is 5.70. The zero-order valence-electron chi connectivity index (χ0n) is 9.90. The zero-order chi connectivity index (χ0) is 13.1. The van der Waals surface area contributed by atoms with Crippen molar-refractivity contribution in [2.75, 3.05) is 13.2 Å². The number of nitrogens with one attached hydrogen (secondary N) is 1. The number of hydrogen-bond acceptors (Lipinski definition) is 4. The van der Waals surface area contributed by atoms with E-state index in [4.69, 9.17) is 9.47 Å². The van der Waals surface area contributed by atoms with E-state index in [1.807, 2.05) is 6.92 Å². The van der Waals surface area contributed by atoms with Crippen molar-refractivity contribution in [3.63, 3.8) is 0 Å². The second-order valence-corrected chi connectivity index (χ2v) is 4.76. The molecule has 1 fully saturated rings. The highest BCUT2D eigenvalue weighted by atomic mass is 79.9. The maximum absolute atomic E-state index is 11.2. The van der Waals surface area contributed by atoms with Gasteiger partial charge in [0.2, 0.25) is 0 Å². The van der Waals surface area contributed by atoms with Gasteiger partial charge >= 0.3 is 6.09 Å². The topological polar surface area (TPSA) is 67.8 Å². The molecule has 18 heavy (non-hydrogen) atoms. The van der Waals surface area contributed by atoms with Crippen LogP contribution in [0.3, 0.4) is 0 Å². The van der Waals surface area contributed by atoms with E-state index in [1.165, 1.54) is 0 Å². The van der Waals surface area contributed by atoms with E-state index in [0.717, 1.165) is 5.56 Å². The number of alkyl carbamates (subject to hydrolysis) is 1. The van der Waals surface area contributed by atoms with Gasteiger partial charge in [-0.2, -0.15) is 0 Å². The van der Waals surface area contributed by atoms with E-state index in [1.54, 1.807) is 12.1 Å². The van der Waals surface area contributed by atoms with Crippen molar-refractivity contribution in [1.29, 1.82) is 0 Å². The van der Waals surface area contributed by atoms with Crippen molar-refractivity contribution in [2.24, 2.45) is 0 Å². The lowest BCUT2D eigenvalue weighted by Gasteiger charge is -2.24. The van der Waals surface area contributed by atoms with Crippen LogP contribution in [0, 0.1) is 0 Å². The summed E-state index contributed by atoms with van der Waals surface area (Å²) < 4.78 is 10.7. The molecular formula is C12H14BrNO4. The van der Waals surface area contributed by atoms with E-state index < -0.39 is 6.09 Å². The van der Waals surface area contributed by atoms with Crippen molar-refractivity contribution in [3.05, 3.63) is 22.2 Å². The van der Waals surface area contributed by atoms with Crippen molar-refractivity contribution in [1.82, 2.24) is 5.32 Å². The molecule has 0 radical (unpaired) electrons. The Morgan fingerprint density at radius 3 is 3.06 bits per heavy atom. The Bertz CT molecular complexity index is 464. The standard InChI is InChI=1S/C12H14BrNO4/c1-2-17-10-6-7(5-8(13)11(10)15)9-3-4-18-12(16)14-9/h5-6,9,15H,2-4H2,1H3,(H,14,16)/t9-/m0/s1. The second kappa shape index (κ2) is 5.48. The number of phenolic OH excluding ortho intramolecular Hbond substituents is 1. The maximum atomic E-state index is 11.2. The first-order chi connectivity index (χ1) is 8.61. The molecule has 98 valence electrons. The fourth-order valence-corrected chi connectivity index (χ4v) is 2.30. The van der Waals surface area contributed by atoms with E-state index >= 15 is 0 Å². The number of carbonyl (C=O) groups excluding carboxylic acids is 1. The highest BCUT2D eigenvalue weighted by molar-refractivity contribution is 9.10. The second-order valence-electron chi connectivity index (χ2n) is 3.90. The molecule has 1 heterocycles. The first-order valence-corrected chi connectivity index (χ1v) is 6.49. The van der Waals surface area contributed by atoms with Crippen molar-refractivity contribution in [2.45, 2.75) is 19.4 Å². The van der Waals surface area contributed by atoms with Crippen LogP contribution in [0.2, 0.25) is 0 Å². The molecule has 0 aliphatic carbocycles. The lowest BCUT2D eigenvalue weighted by Crippen LogP contribution is -2.35. The van der Waals surface area contributed by atoms with E-state index in [-0.39, 0.29) is 11.8 Å². The summed E-state index contributed by atoms with van der Waals surface area (Å²) in [6.07, 6.45) is 0.266. The Kier molecular flexibility index (Phi) is 3.96. The van der Waals surface area contributed by atoms with Gasteiger partial charge in [0.1, 0.15) is 0 Å². The number of phenols is 1. The lowest BCUT2D eigenvalue weighted by molar-refractivity contribution is 0.115. The van der Waals surface area contributed by atoms with Gasteiger partial charge in [-0.3, -0.25) is 0 Å². The van der Waals surface area contributed by atoms with Crippen LogP contribution in [0.15, 0.2) is 16.6 Å². The number of hydrogen-bond donors (Lipinski definition) is 2. The van der Waals surface area contributed by atoms with E-state index in [2.05, 4.69) is 21.2 Å². The third-order valence-electron chi connectivity index (χ3n) is 2.68. The van der Waals surface area contributed by atoms with E-state index in [0.29, 0.717) is 29.9 Å². The quantitative estimate of drug-likeness (QED) is 0.900. The first kappa shape index (κ1) is 13.0. The van der Waals surface area contributed by atoms with Gasteiger partial charge in [0.05, 0.1) is 23.7 Å². The maximum Gasteiger partial charge on any atom is 0.407 e. The molecule has 5 nitrogen and oxygen atoms in total. The summed E-state index contributed by atoms with van der Waals surface area (Å²) in [5.41, 5.74) is 0.875. The molecule has 0 aromatic heterocycles. The van der Waals surface area contributed by atoms with Gasteiger partial charge in [-0.1, -0.05) is 0 Å². The number of ether oxygens (including phenoxy) is 2. The molecule has 1 aliphatic heterocycles. The van der Waals surface area contributed by atoms with Crippen LogP contribution in [-0.2, 0) is 4.74 Å². The molecule has 1 amide bonds. The molecule has 1 aromatic rings. The van der Waals surface area contributed by atoms with Gasteiger partial charge in [0.25, 0.3) is 0 Å². The van der Waals surface area contributed by atoms with Crippen molar-refractivity contribution < 1.29 is 19.4 Å². The fraction of sp³-hybridized carbons (Fsp3) is 0.417. The number of carbonyl (C=O) groups is 1. The van der Waals surface area contributed by atoms with Gasteiger partial charge in [-0.05, 0) is 40.5 Å². The van der Waals surface area contributed by atoms with Gasteiger partial charge in [-0.15, -0.1) is 0 Å². The predicted octanol–water partition coefficient (Wildman–Crippen LogP) is 2.72. The minimum atomic E-state index is -0.423. The fourth-order valence-electron chi connectivity index (χ4n) is 1.84. The van der Waals surface area contributed by atoms with E-state index in [9.17, 15) is 9.90 Å². The van der Waals surface area contributed by atoms with Crippen LogP contribution in [0.4, 0.5) is 4.79 Å². The van der Waals surface area contributed by atoms with Crippen LogP contribution >= 0.6 is 15.9 Å². The largest absolute Gasteiger partial charge is 0.503 e. The van der Waals surface area contributed by atoms with Crippen LogP contribution in [0.5, 0.6) is 11.5 Å². The summed E-state index contributed by atoms with van der Waals surface area (Å²) in [7, 11) is 0. The van der Waals surface area contributed by atoms with Crippen molar-refractivity contribution >= 4 is 22.0 Å². The summed E-state index contributed by atoms with van der Waals surface area (Å²) >= 11 is 3.27. The average molecular weight is 316 g/mol. The number of aromatic hydroxyl groups is 1. The summed E-state index contributed by atoms with van der Waals surface area (Å²) in [4.78, 5) is 11.2. The number of benzene rings is 1. The number of amides is 1. The third kappa shape index (κ3) is 2.69. The minimum Gasteiger partial charge on any atom is -0.503 e. The van der Waals surface area contributed by atoms with Gasteiger partial charge in [0, 0.05) is 6.42 Å². The summed E-state index contributed by atoms with van der Waals surface area (Å²) in [5, 5.41) is 12.5. The molecule has 1 aliphatic rings. The molecule has 2 rings (SSSR count). The van der Waals surface area contributed by atoms with Crippen LogP contribution in [0.1, 0.15) is 24.9 Å². The Balaban J connectivity index is 2.29. The smallest absolute Gasteiger partial charge is 0.407 e. The Labute approximate surface area is 113 Å². The molecule has 2 N–H and O–H groups in total. The molecule has 1 aromatic carbocycles. The van der Waals surface area contributed by atoms with Gasteiger partial charge < -0.3 is 19.9 Å². The number of cyclic esters (lactones) is 1. The molecule has 0 spiro atoms. The Morgan fingerprint density at radius 1 is 1.61 bits per heavy atom. The molecule has 0 saturated carbocycles. The monoisotopic (exact) mass is 315 g/mol. The highest BCUT2D eigenvalue weighted by Crippen LogP contribution is 2.38. The van der Waals surface area contributed by atoms with Crippen LogP contribution in [0.25, 0.3) is 0 Å². The lowest BCUT2D eigenvalue weighted by atomic mass is 10.0. The highest BCUT2D eigenvalue weighted by Gasteiger charge is 2.22. The average Bonchev–Trinajstić information content (AvgIpc) is 2.35. The van der Waals surface area contributed by atoms with Crippen LogP contribution in [-0.4, -0.2) is 24.4 Å². The predicted molar refractivity (Wildman–Crippen MR) is 68.8 cm³/mol. The zero-order valence-corrected chi connectivity index (χ0v) is 11.5. The molecule has 6 heteroatoms. The number of rotatable bonds is 3. The van der Waals surface area contributed by atoms with Crippen molar-refractivity contribution in [3.8, 4) is 11.5 Å². The summed E-state index contributed by atoms with van der Waals surface area (Å²) in [5.74, 6) is 0.474. The summed E-state index contributed by atoms with van der Waals surface area (Å²) in [6.45, 7) is 2.69. The van der Waals surface area contributed by atoms with Gasteiger partial charge in [-0.25, -0.2) is 4.79 Å². The molecule has 1 atom stereocenters. The third-order valence-corrected chi connectivity index (χ3v) is 3.29. The SMILES string of the molecule is CCOc1cc([C@@H]2CCOC(=O)N2)cc(Br)c1O. The minimum absolute atomic E-state index is 0.0685. The Hall–Kier alpha value is -1.43. The molecule has 0 unspecified atom stereocenters. The normalized spacial score (nSPS) is 19.0.